The molecule has 2 heterocycles. The molecule has 7 nitrogen and oxygen atoms in total. The number of aryl methyl sites for hydroxylation is 1. The number of rotatable bonds is 5. The van der Waals surface area contributed by atoms with E-state index in [4.69, 9.17) is 23.2 Å². The van der Waals surface area contributed by atoms with Gasteiger partial charge in [0.1, 0.15) is 15.9 Å². The number of para-hydroxylation sites is 2. The summed E-state index contributed by atoms with van der Waals surface area (Å²) in [5.41, 5.74) is 5.40. The van der Waals surface area contributed by atoms with Crippen molar-refractivity contribution in [1.29, 1.82) is 0 Å². The van der Waals surface area contributed by atoms with Gasteiger partial charge in [-0.1, -0.05) is 59.6 Å². The predicted octanol–water partition coefficient (Wildman–Crippen LogP) is 4.48. The minimum atomic E-state index is -0.450. The van der Waals surface area contributed by atoms with Gasteiger partial charge in [-0.15, -0.1) is 0 Å². The summed E-state index contributed by atoms with van der Waals surface area (Å²) in [6.07, 6.45) is 2.97. The molecule has 0 saturated carbocycles. The van der Waals surface area contributed by atoms with Crippen LogP contribution in [0.4, 0.5) is 5.69 Å². The molecule has 0 aliphatic rings. The number of nitrogens with one attached hydrogen (secondary N) is 1. The standard InChI is InChI=1S/C21H16Cl2N6O/c1-14-17(20(23)28(27-14)15-8-4-2-5-9-15)12-24-26-18-13-25-29(21(30)19(18)22)16-10-6-3-7-11-16/h2-13,26H,1H3/b24-12+. The molecule has 0 amide bonds. The van der Waals surface area contributed by atoms with Crippen molar-refractivity contribution in [1.82, 2.24) is 19.6 Å². The number of halogens is 2. The fourth-order valence-corrected chi connectivity index (χ4v) is 3.32. The predicted molar refractivity (Wildman–Crippen MR) is 119 cm³/mol. The molecule has 0 aliphatic heterocycles. The first-order valence-corrected chi connectivity index (χ1v) is 9.74. The van der Waals surface area contributed by atoms with Crippen molar-refractivity contribution in [2.45, 2.75) is 6.92 Å². The minimum absolute atomic E-state index is 0.0196. The quantitative estimate of drug-likeness (QED) is 0.368. The number of aromatic nitrogens is 4. The van der Waals surface area contributed by atoms with Crippen LogP contribution < -0.4 is 11.0 Å². The molecule has 0 atom stereocenters. The zero-order valence-electron chi connectivity index (χ0n) is 15.8. The van der Waals surface area contributed by atoms with Crippen molar-refractivity contribution in [3.05, 3.63) is 98.6 Å². The number of hydrazone groups is 1. The third kappa shape index (κ3) is 3.85. The van der Waals surface area contributed by atoms with Crippen LogP contribution >= 0.6 is 23.2 Å². The van der Waals surface area contributed by atoms with Gasteiger partial charge in [-0.3, -0.25) is 10.2 Å². The number of hydrogen-bond donors (Lipinski definition) is 1. The fraction of sp³-hybridized carbons (Fsp3) is 0.0476. The Morgan fingerprint density at radius 3 is 2.20 bits per heavy atom. The summed E-state index contributed by atoms with van der Waals surface area (Å²) >= 11 is 12.7. The summed E-state index contributed by atoms with van der Waals surface area (Å²) in [6, 6.07) is 18.6. The molecule has 0 aliphatic carbocycles. The highest BCUT2D eigenvalue weighted by Crippen LogP contribution is 2.22. The van der Waals surface area contributed by atoms with Crippen molar-refractivity contribution in [3.63, 3.8) is 0 Å². The van der Waals surface area contributed by atoms with E-state index in [1.165, 1.54) is 17.1 Å². The molecule has 9 heteroatoms. The highest BCUT2D eigenvalue weighted by Gasteiger charge is 2.14. The lowest BCUT2D eigenvalue weighted by atomic mass is 10.3. The summed E-state index contributed by atoms with van der Waals surface area (Å²) in [5.74, 6) is 0. The van der Waals surface area contributed by atoms with Gasteiger partial charge in [0.25, 0.3) is 5.56 Å². The lowest BCUT2D eigenvalue weighted by Gasteiger charge is -2.07. The maximum atomic E-state index is 12.5. The molecule has 0 fully saturated rings. The summed E-state index contributed by atoms with van der Waals surface area (Å²) in [7, 11) is 0. The van der Waals surface area contributed by atoms with Crippen molar-refractivity contribution < 1.29 is 0 Å². The molecule has 2 aromatic heterocycles. The number of nitrogens with zero attached hydrogens (tertiary/aromatic N) is 5. The van der Waals surface area contributed by atoms with Gasteiger partial charge in [0.2, 0.25) is 0 Å². The summed E-state index contributed by atoms with van der Waals surface area (Å²) in [6.45, 7) is 1.84. The van der Waals surface area contributed by atoms with E-state index in [2.05, 4.69) is 20.7 Å². The lowest BCUT2D eigenvalue weighted by Crippen LogP contribution is -2.22. The molecule has 4 rings (SSSR count). The van der Waals surface area contributed by atoms with Gasteiger partial charge in [-0.05, 0) is 31.2 Å². The van der Waals surface area contributed by atoms with Crippen LogP contribution in [0.3, 0.4) is 0 Å². The van der Waals surface area contributed by atoms with Gasteiger partial charge >= 0.3 is 0 Å². The number of benzene rings is 2. The Bertz CT molecular complexity index is 1270. The van der Waals surface area contributed by atoms with Crippen LogP contribution in [0.25, 0.3) is 11.4 Å². The van der Waals surface area contributed by atoms with Gasteiger partial charge in [-0.25, -0.2) is 4.68 Å². The van der Waals surface area contributed by atoms with Crippen LogP contribution in [0.2, 0.25) is 10.2 Å². The van der Waals surface area contributed by atoms with Gasteiger partial charge in [0.05, 0.1) is 35.0 Å². The van der Waals surface area contributed by atoms with Crippen LogP contribution in [-0.2, 0) is 0 Å². The molecule has 0 bridgehead atoms. The lowest BCUT2D eigenvalue weighted by molar-refractivity contribution is 0.808. The maximum Gasteiger partial charge on any atom is 0.292 e. The molecule has 0 saturated heterocycles. The van der Waals surface area contributed by atoms with E-state index in [1.807, 2.05) is 55.5 Å². The van der Waals surface area contributed by atoms with Crippen LogP contribution in [0.5, 0.6) is 0 Å². The molecule has 150 valence electrons. The van der Waals surface area contributed by atoms with E-state index >= 15 is 0 Å². The van der Waals surface area contributed by atoms with Crippen molar-refractivity contribution >= 4 is 35.1 Å². The van der Waals surface area contributed by atoms with Crippen LogP contribution in [0.15, 0.2) is 76.8 Å². The van der Waals surface area contributed by atoms with Gasteiger partial charge < -0.3 is 0 Å². The Kier molecular flexibility index (Phi) is 5.65. The monoisotopic (exact) mass is 438 g/mol. The highest BCUT2D eigenvalue weighted by molar-refractivity contribution is 6.33. The van der Waals surface area contributed by atoms with E-state index in [-0.39, 0.29) is 10.7 Å². The summed E-state index contributed by atoms with van der Waals surface area (Å²) in [4.78, 5) is 12.5. The molecular formula is C21H16Cl2N6O. The zero-order valence-corrected chi connectivity index (χ0v) is 17.3. The zero-order chi connectivity index (χ0) is 21.1. The number of hydrogen-bond acceptors (Lipinski definition) is 5. The molecule has 30 heavy (non-hydrogen) atoms. The van der Waals surface area contributed by atoms with Crippen molar-refractivity contribution in [2.75, 3.05) is 5.43 Å². The van der Waals surface area contributed by atoms with Crippen molar-refractivity contribution in [2.24, 2.45) is 5.10 Å². The van der Waals surface area contributed by atoms with Gasteiger partial charge in [0, 0.05) is 0 Å². The topological polar surface area (TPSA) is 77.1 Å². The molecular weight excluding hydrogens is 423 g/mol. The normalized spacial score (nSPS) is 11.2. The minimum Gasteiger partial charge on any atom is -0.275 e. The summed E-state index contributed by atoms with van der Waals surface area (Å²) < 4.78 is 2.86. The fourth-order valence-electron chi connectivity index (χ4n) is 2.83. The highest BCUT2D eigenvalue weighted by atomic mass is 35.5. The second-order valence-corrected chi connectivity index (χ2v) is 7.07. The average Bonchev–Trinajstić information content (AvgIpc) is 3.06. The Morgan fingerprint density at radius 2 is 1.57 bits per heavy atom. The Morgan fingerprint density at radius 1 is 0.967 bits per heavy atom. The third-order valence-corrected chi connectivity index (χ3v) is 5.08. The van der Waals surface area contributed by atoms with Gasteiger partial charge in [0.15, 0.2) is 0 Å². The summed E-state index contributed by atoms with van der Waals surface area (Å²) in [5, 5.41) is 13.2. The molecule has 0 radical (unpaired) electrons. The van der Waals surface area contributed by atoms with E-state index in [9.17, 15) is 4.79 Å². The van der Waals surface area contributed by atoms with Gasteiger partial charge in [-0.2, -0.15) is 20.0 Å². The smallest absolute Gasteiger partial charge is 0.275 e. The molecule has 1 N–H and O–H groups in total. The molecule has 4 aromatic rings. The molecule has 2 aromatic carbocycles. The van der Waals surface area contributed by atoms with Crippen LogP contribution in [-0.4, -0.2) is 25.8 Å². The molecule has 0 spiro atoms. The first-order chi connectivity index (χ1) is 14.6. The third-order valence-electron chi connectivity index (χ3n) is 4.35. The largest absolute Gasteiger partial charge is 0.292 e. The Labute approximate surface area is 182 Å². The SMILES string of the molecule is Cc1nn(-c2ccccc2)c(Cl)c1/C=N/Nc1cnn(-c2ccccc2)c(=O)c1Cl. The van der Waals surface area contributed by atoms with E-state index < -0.39 is 5.56 Å². The molecule has 0 unspecified atom stereocenters. The Hall–Kier alpha value is -3.42. The first kappa shape index (κ1) is 19.9. The second kappa shape index (κ2) is 8.52. The van der Waals surface area contributed by atoms with E-state index in [0.29, 0.717) is 22.1 Å². The van der Waals surface area contributed by atoms with E-state index in [0.717, 1.165) is 5.69 Å². The number of anilines is 1. The van der Waals surface area contributed by atoms with Crippen LogP contribution in [0, 0.1) is 6.92 Å². The first-order valence-electron chi connectivity index (χ1n) is 8.99. The maximum absolute atomic E-state index is 12.5. The average molecular weight is 439 g/mol. The second-order valence-electron chi connectivity index (χ2n) is 6.33. The van der Waals surface area contributed by atoms with Crippen molar-refractivity contribution in [3.8, 4) is 11.4 Å². The van der Waals surface area contributed by atoms with Crippen LogP contribution in [0.1, 0.15) is 11.3 Å². The Balaban J connectivity index is 1.58. The van der Waals surface area contributed by atoms with E-state index in [1.54, 1.807) is 16.8 Å².